The Balaban J connectivity index is 1.62. The molecule has 0 spiro atoms. The van der Waals surface area contributed by atoms with E-state index in [1.807, 2.05) is 60.7 Å². The zero-order chi connectivity index (χ0) is 17.9. The third-order valence-electron chi connectivity index (χ3n) is 3.54. The van der Waals surface area contributed by atoms with Gasteiger partial charge >= 0.3 is 0 Å². The second kappa shape index (κ2) is 10.2. The lowest BCUT2D eigenvalue weighted by molar-refractivity contribution is -0.150. The van der Waals surface area contributed by atoms with Crippen molar-refractivity contribution < 1.29 is 19.5 Å². The van der Waals surface area contributed by atoms with Crippen molar-refractivity contribution in [3.05, 3.63) is 71.8 Å². The first-order chi connectivity index (χ1) is 12.2. The minimum Gasteiger partial charge on any atom is -0.375 e. The summed E-state index contributed by atoms with van der Waals surface area (Å²) in [5, 5.41) is 12.2. The zero-order valence-corrected chi connectivity index (χ0v) is 13.9. The van der Waals surface area contributed by atoms with Gasteiger partial charge in [-0.2, -0.15) is 0 Å². The quantitative estimate of drug-likeness (QED) is 0.365. The smallest absolute Gasteiger partial charge is 0.282 e. The molecule has 3 N–H and O–H groups in total. The van der Waals surface area contributed by atoms with Crippen molar-refractivity contribution in [2.45, 2.75) is 25.6 Å². The summed E-state index contributed by atoms with van der Waals surface area (Å²) in [6, 6.07) is 19.1. The van der Waals surface area contributed by atoms with E-state index in [1.165, 1.54) is 5.56 Å². The number of nitrogens with one attached hydrogen (secondary N) is 2. The average molecular weight is 342 g/mol. The maximum Gasteiger partial charge on any atom is 0.282 e. The van der Waals surface area contributed by atoms with Gasteiger partial charge in [0.05, 0.1) is 6.61 Å². The summed E-state index contributed by atoms with van der Waals surface area (Å²) in [5.74, 6) is -1.63. The Labute approximate surface area is 146 Å². The molecule has 2 amide bonds. The van der Waals surface area contributed by atoms with E-state index >= 15 is 0 Å². The van der Waals surface area contributed by atoms with Gasteiger partial charge in [0.15, 0.2) is 0 Å². The lowest BCUT2D eigenvalue weighted by atomic mass is 10.1. The van der Waals surface area contributed by atoms with Crippen LogP contribution in [-0.4, -0.2) is 29.6 Å². The first-order valence-corrected chi connectivity index (χ1v) is 8.12. The highest BCUT2D eigenvalue weighted by atomic mass is 16.7. The second-order valence-electron chi connectivity index (χ2n) is 5.52. The molecular weight excluding hydrogens is 320 g/mol. The maximum absolute atomic E-state index is 11.8. The van der Waals surface area contributed by atoms with Crippen LogP contribution in [0.2, 0.25) is 0 Å². The largest absolute Gasteiger partial charge is 0.375 e. The van der Waals surface area contributed by atoms with E-state index in [9.17, 15) is 14.7 Å². The molecule has 0 aliphatic rings. The van der Waals surface area contributed by atoms with Gasteiger partial charge in [0.25, 0.3) is 11.8 Å². The lowest BCUT2D eigenvalue weighted by Crippen LogP contribution is -2.45. The Morgan fingerprint density at radius 3 is 2.16 bits per heavy atom. The molecule has 1 atom stereocenters. The standard InChI is InChI=1S/C19H22N2O4/c22-17(19(24)21-25-14-16-10-5-2-6-11-16)18(23)20-13-7-12-15-8-3-1-4-9-15/h1-6,8-11,17,22H,7,12-14H2,(H,20,23)(H,21,24). The Morgan fingerprint density at radius 2 is 1.52 bits per heavy atom. The van der Waals surface area contributed by atoms with Gasteiger partial charge in [0, 0.05) is 6.54 Å². The SMILES string of the molecule is O=C(NCCCc1ccccc1)C(O)C(=O)NOCc1ccccc1. The molecule has 132 valence electrons. The number of hydrogen-bond donors (Lipinski definition) is 3. The van der Waals surface area contributed by atoms with Crippen LogP contribution < -0.4 is 10.8 Å². The van der Waals surface area contributed by atoms with Crippen molar-refractivity contribution in [2.24, 2.45) is 0 Å². The topological polar surface area (TPSA) is 87.7 Å². The Hall–Kier alpha value is -2.70. The molecule has 25 heavy (non-hydrogen) atoms. The van der Waals surface area contributed by atoms with Crippen LogP contribution in [0.1, 0.15) is 17.5 Å². The number of aryl methyl sites for hydroxylation is 1. The predicted molar refractivity (Wildman–Crippen MR) is 93.2 cm³/mol. The third-order valence-corrected chi connectivity index (χ3v) is 3.54. The van der Waals surface area contributed by atoms with Gasteiger partial charge in [0.1, 0.15) is 0 Å². The molecule has 2 aromatic carbocycles. The zero-order valence-electron chi connectivity index (χ0n) is 13.9. The molecule has 0 saturated carbocycles. The van der Waals surface area contributed by atoms with Crippen molar-refractivity contribution in [1.29, 1.82) is 0 Å². The van der Waals surface area contributed by atoms with Crippen LogP contribution in [-0.2, 0) is 27.5 Å². The summed E-state index contributed by atoms with van der Waals surface area (Å²) in [6.07, 6.45) is -0.273. The van der Waals surface area contributed by atoms with E-state index < -0.39 is 17.9 Å². The Kier molecular flexibility index (Phi) is 7.62. The van der Waals surface area contributed by atoms with E-state index in [4.69, 9.17) is 4.84 Å². The molecular formula is C19H22N2O4. The minimum absolute atomic E-state index is 0.151. The number of rotatable bonds is 9. The minimum atomic E-state index is -1.80. The van der Waals surface area contributed by atoms with Crippen molar-refractivity contribution in [3.8, 4) is 0 Å². The van der Waals surface area contributed by atoms with E-state index in [-0.39, 0.29) is 6.61 Å². The van der Waals surface area contributed by atoms with Gasteiger partial charge in [-0.15, -0.1) is 0 Å². The monoisotopic (exact) mass is 342 g/mol. The number of carbonyl (C=O) groups excluding carboxylic acids is 2. The van der Waals surface area contributed by atoms with Gasteiger partial charge in [-0.05, 0) is 24.0 Å². The van der Waals surface area contributed by atoms with Gasteiger partial charge in [0.2, 0.25) is 6.10 Å². The molecule has 6 heteroatoms. The van der Waals surface area contributed by atoms with Crippen LogP contribution in [0.4, 0.5) is 0 Å². The van der Waals surface area contributed by atoms with Crippen molar-refractivity contribution >= 4 is 11.8 Å². The van der Waals surface area contributed by atoms with Crippen LogP contribution >= 0.6 is 0 Å². The van der Waals surface area contributed by atoms with Gasteiger partial charge in [-0.25, -0.2) is 5.48 Å². The van der Waals surface area contributed by atoms with E-state index in [0.29, 0.717) is 13.0 Å². The molecule has 0 aliphatic heterocycles. The van der Waals surface area contributed by atoms with Crippen LogP contribution in [0.3, 0.4) is 0 Å². The normalized spacial score (nSPS) is 11.6. The average Bonchev–Trinajstić information content (AvgIpc) is 2.66. The van der Waals surface area contributed by atoms with E-state index in [2.05, 4.69) is 10.8 Å². The summed E-state index contributed by atoms with van der Waals surface area (Å²) in [7, 11) is 0. The van der Waals surface area contributed by atoms with Crippen molar-refractivity contribution in [1.82, 2.24) is 10.8 Å². The van der Waals surface area contributed by atoms with E-state index in [0.717, 1.165) is 12.0 Å². The molecule has 0 saturated heterocycles. The molecule has 2 rings (SSSR count). The van der Waals surface area contributed by atoms with Crippen molar-refractivity contribution in [2.75, 3.05) is 6.54 Å². The molecule has 6 nitrogen and oxygen atoms in total. The number of benzene rings is 2. The molecule has 0 bridgehead atoms. The lowest BCUT2D eigenvalue weighted by Gasteiger charge is -2.12. The second-order valence-corrected chi connectivity index (χ2v) is 5.52. The third kappa shape index (κ3) is 6.74. The number of amides is 2. The summed E-state index contributed by atoms with van der Waals surface area (Å²) in [4.78, 5) is 28.4. The number of aliphatic hydroxyl groups is 1. The van der Waals surface area contributed by atoms with Crippen LogP contribution in [0.25, 0.3) is 0 Å². The first-order valence-electron chi connectivity index (χ1n) is 8.12. The molecule has 0 aliphatic carbocycles. The summed E-state index contributed by atoms with van der Waals surface area (Å²) >= 11 is 0. The summed E-state index contributed by atoms with van der Waals surface area (Å²) in [5.41, 5.74) is 4.11. The molecule has 2 aromatic rings. The first kappa shape index (κ1) is 18.6. The number of aliphatic hydroxyl groups excluding tert-OH is 1. The van der Waals surface area contributed by atoms with Crippen LogP contribution in [0, 0.1) is 0 Å². The van der Waals surface area contributed by atoms with Gasteiger partial charge < -0.3 is 10.4 Å². The van der Waals surface area contributed by atoms with Gasteiger partial charge in [-0.1, -0.05) is 60.7 Å². The van der Waals surface area contributed by atoms with Crippen molar-refractivity contribution in [3.63, 3.8) is 0 Å². The Bertz CT molecular complexity index is 662. The highest BCUT2D eigenvalue weighted by Crippen LogP contribution is 2.02. The van der Waals surface area contributed by atoms with E-state index in [1.54, 1.807) is 0 Å². The number of hydroxylamine groups is 1. The highest BCUT2D eigenvalue weighted by molar-refractivity contribution is 6.02. The van der Waals surface area contributed by atoms with Gasteiger partial charge in [-0.3, -0.25) is 14.4 Å². The fourth-order valence-electron chi connectivity index (χ4n) is 2.19. The molecule has 1 unspecified atom stereocenters. The fraction of sp³-hybridized carbons (Fsp3) is 0.263. The summed E-state index contributed by atoms with van der Waals surface area (Å²) in [6.45, 7) is 0.529. The molecule has 0 aromatic heterocycles. The van der Waals surface area contributed by atoms with Crippen LogP contribution in [0.15, 0.2) is 60.7 Å². The maximum atomic E-state index is 11.8. The Morgan fingerprint density at radius 1 is 0.920 bits per heavy atom. The van der Waals surface area contributed by atoms with Crippen LogP contribution in [0.5, 0.6) is 0 Å². The predicted octanol–water partition coefficient (Wildman–Crippen LogP) is 1.34. The number of carbonyl (C=O) groups is 2. The summed E-state index contributed by atoms with van der Waals surface area (Å²) < 4.78 is 0. The molecule has 0 radical (unpaired) electrons. The molecule has 0 fully saturated rings. The molecule has 0 heterocycles. The fourth-order valence-corrected chi connectivity index (χ4v) is 2.19. The highest BCUT2D eigenvalue weighted by Gasteiger charge is 2.23. The number of hydrogen-bond acceptors (Lipinski definition) is 4.